The lowest BCUT2D eigenvalue weighted by Gasteiger charge is -2.40. The largest absolute Gasteiger partial charge is 0.493 e. The number of H-pyrrole nitrogens is 1. The van der Waals surface area contributed by atoms with Crippen LogP contribution in [0.5, 0.6) is 11.5 Å². The minimum Gasteiger partial charge on any atom is -0.493 e. The first-order valence-electron chi connectivity index (χ1n) is 11.8. The third-order valence-electron chi connectivity index (χ3n) is 7.29. The Balaban J connectivity index is 1.30. The van der Waals surface area contributed by atoms with Crippen molar-refractivity contribution in [3.8, 4) is 11.5 Å². The summed E-state index contributed by atoms with van der Waals surface area (Å²) >= 11 is 0. The van der Waals surface area contributed by atoms with Gasteiger partial charge in [0.15, 0.2) is 11.5 Å². The Labute approximate surface area is 205 Å². The number of benzene rings is 3. The fraction of sp³-hybridized carbons (Fsp3) is 0.286. The van der Waals surface area contributed by atoms with Crippen LogP contribution in [0.15, 0.2) is 54.6 Å². The van der Waals surface area contributed by atoms with Crippen molar-refractivity contribution in [1.82, 2.24) is 9.88 Å². The molecule has 4 nitrogen and oxygen atoms in total. The zero-order valence-electron chi connectivity index (χ0n) is 19.6. The number of nitrogens with zero attached hydrogens (tertiary/aromatic N) is 1. The number of aromatic nitrogens is 1. The molecule has 0 amide bonds. The fourth-order valence-electron chi connectivity index (χ4n) is 5.52. The standard InChI is InChI=1S/C28H24F4N2O2/c1-35-26-11-17-8-9-34-14-24-20(18-4-2-3-5-23(18)33-24)12-25(34)19(17)13-27(26)36-15-16-6-7-21(22(29)10-16)28(30,31)32/h2-7,10-11,13,25,33H,8-9,12,14-15H2,1H3. The molecule has 2 aliphatic rings. The maximum absolute atomic E-state index is 14.0. The van der Waals surface area contributed by atoms with E-state index >= 15 is 0 Å². The number of nitrogens with one attached hydrogen (secondary N) is 1. The molecule has 4 aromatic rings. The van der Waals surface area contributed by atoms with Crippen LogP contribution in [0, 0.1) is 5.82 Å². The van der Waals surface area contributed by atoms with Crippen molar-refractivity contribution in [1.29, 1.82) is 0 Å². The molecular formula is C28H24F4N2O2. The number of alkyl halides is 3. The van der Waals surface area contributed by atoms with Gasteiger partial charge in [0, 0.05) is 35.7 Å². The number of para-hydroxylation sites is 1. The summed E-state index contributed by atoms with van der Waals surface area (Å²) in [6, 6.07) is 15.3. The molecule has 186 valence electrons. The van der Waals surface area contributed by atoms with Crippen LogP contribution >= 0.6 is 0 Å². The quantitative estimate of drug-likeness (QED) is 0.325. The van der Waals surface area contributed by atoms with E-state index in [1.54, 1.807) is 7.11 Å². The third-order valence-corrected chi connectivity index (χ3v) is 7.29. The van der Waals surface area contributed by atoms with Crippen LogP contribution in [0.3, 0.4) is 0 Å². The van der Waals surface area contributed by atoms with Gasteiger partial charge in [0.2, 0.25) is 0 Å². The maximum Gasteiger partial charge on any atom is 0.419 e. The molecule has 0 saturated carbocycles. The number of fused-ring (bicyclic) bond motifs is 6. The number of aromatic amines is 1. The van der Waals surface area contributed by atoms with Gasteiger partial charge in [-0.1, -0.05) is 24.3 Å². The Hall–Kier alpha value is -3.52. The first-order valence-corrected chi connectivity index (χ1v) is 11.8. The highest BCUT2D eigenvalue weighted by Crippen LogP contribution is 2.44. The number of hydrogen-bond acceptors (Lipinski definition) is 3. The summed E-state index contributed by atoms with van der Waals surface area (Å²) < 4.78 is 64.2. The minimum absolute atomic E-state index is 0.0782. The highest BCUT2D eigenvalue weighted by Gasteiger charge is 2.35. The average Bonchev–Trinajstić information content (AvgIpc) is 3.22. The van der Waals surface area contributed by atoms with Gasteiger partial charge in [-0.25, -0.2) is 4.39 Å². The van der Waals surface area contributed by atoms with Gasteiger partial charge in [-0.2, -0.15) is 13.2 Å². The van der Waals surface area contributed by atoms with Crippen molar-refractivity contribution in [2.24, 2.45) is 0 Å². The third kappa shape index (κ3) is 3.89. The molecule has 0 saturated heterocycles. The minimum atomic E-state index is -4.73. The number of rotatable bonds is 4. The predicted octanol–water partition coefficient (Wildman–Crippen LogP) is 6.57. The van der Waals surface area contributed by atoms with E-state index in [0.717, 1.165) is 49.1 Å². The summed E-state index contributed by atoms with van der Waals surface area (Å²) in [4.78, 5) is 6.03. The lowest BCUT2D eigenvalue weighted by Crippen LogP contribution is -2.39. The van der Waals surface area contributed by atoms with E-state index in [1.165, 1.54) is 28.3 Å². The SMILES string of the molecule is COc1cc2c(cc1OCc1ccc(C(F)(F)F)c(F)c1)C1Cc3c([nH]c4ccccc34)CN1CC2. The highest BCUT2D eigenvalue weighted by atomic mass is 19.4. The zero-order valence-corrected chi connectivity index (χ0v) is 19.6. The molecule has 1 unspecified atom stereocenters. The van der Waals surface area contributed by atoms with Crippen LogP contribution in [0.1, 0.15) is 39.6 Å². The molecule has 8 heteroatoms. The van der Waals surface area contributed by atoms with E-state index < -0.39 is 17.6 Å². The van der Waals surface area contributed by atoms with Crippen LogP contribution in [0.2, 0.25) is 0 Å². The Morgan fingerprint density at radius 3 is 2.67 bits per heavy atom. The summed E-state index contributed by atoms with van der Waals surface area (Å²) in [5, 5.41) is 1.24. The number of hydrogen-bond donors (Lipinski definition) is 1. The Kier molecular flexibility index (Phi) is 5.44. The number of halogens is 4. The monoisotopic (exact) mass is 496 g/mol. The molecule has 1 atom stereocenters. The second-order valence-corrected chi connectivity index (χ2v) is 9.37. The molecule has 0 aliphatic carbocycles. The van der Waals surface area contributed by atoms with E-state index in [1.807, 2.05) is 18.2 Å². The molecule has 6 rings (SSSR count). The number of ether oxygens (including phenoxy) is 2. The lowest BCUT2D eigenvalue weighted by atomic mass is 9.85. The van der Waals surface area contributed by atoms with Gasteiger partial charge in [-0.15, -0.1) is 0 Å². The van der Waals surface area contributed by atoms with Gasteiger partial charge in [0.25, 0.3) is 0 Å². The lowest BCUT2D eigenvalue weighted by molar-refractivity contribution is -0.140. The maximum atomic E-state index is 14.0. The Morgan fingerprint density at radius 1 is 1.06 bits per heavy atom. The van der Waals surface area contributed by atoms with Crippen LogP contribution in [0.4, 0.5) is 17.6 Å². The molecular weight excluding hydrogens is 472 g/mol. The normalized spacial score (nSPS) is 17.4. The summed E-state index contributed by atoms with van der Waals surface area (Å²) in [5.74, 6) is -0.269. The smallest absolute Gasteiger partial charge is 0.419 e. The van der Waals surface area contributed by atoms with Crippen molar-refractivity contribution in [2.45, 2.75) is 38.2 Å². The van der Waals surface area contributed by atoms with Gasteiger partial charge in [0.1, 0.15) is 12.4 Å². The van der Waals surface area contributed by atoms with E-state index in [4.69, 9.17) is 9.47 Å². The van der Waals surface area contributed by atoms with Gasteiger partial charge in [-0.05, 0) is 65.4 Å². The molecule has 0 fully saturated rings. The van der Waals surface area contributed by atoms with E-state index in [0.29, 0.717) is 17.1 Å². The topological polar surface area (TPSA) is 37.5 Å². The number of methoxy groups -OCH3 is 1. The summed E-state index contributed by atoms with van der Waals surface area (Å²) in [5.41, 5.74) is 5.11. The van der Waals surface area contributed by atoms with Crippen LogP contribution in [-0.2, 0) is 32.2 Å². The van der Waals surface area contributed by atoms with Crippen molar-refractivity contribution in [3.05, 3.63) is 93.9 Å². The van der Waals surface area contributed by atoms with Gasteiger partial charge in [0.05, 0.1) is 12.7 Å². The predicted molar refractivity (Wildman–Crippen MR) is 128 cm³/mol. The van der Waals surface area contributed by atoms with Crippen molar-refractivity contribution in [3.63, 3.8) is 0 Å². The molecule has 2 aliphatic heterocycles. The van der Waals surface area contributed by atoms with Crippen molar-refractivity contribution in [2.75, 3.05) is 13.7 Å². The molecule has 3 aromatic carbocycles. The van der Waals surface area contributed by atoms with Crippen molar-refractivity contribution < 1.29 is 27.0 Å². The fourth-order valence-corrected chi connectivity index (χ4v) is 5.52. The summed E-state index contributed by atoms with van der Waals surface area (Å²) in [6.07, 6.45) is -2.99. The average molecular weight is 497 g/mol. The van der Waals surface area contributed by atoms with E-state index in [9.17, 15) is 17.6 Å². The molecule has 3 heterocycles. The van der Waals surface area contributed by atoms with Gasteiger partial charge >= 0.3 is 6.18 Å². The molecule has 36 heavy (non-hydrogen) atoms. The zero-order chi connectivity index (χ0) is 25.0. The summed E-state index contributed by atoms with van der Waals surface area (Å²) in [6.45, 7) is 1.69. The first kappa shape index (κ1) is 22.9. The first-order chi connectivity index (χ1) is 17.3. The second kappa shape index (κ2) is 8.55. The molecule has 1 N–H and O–H groups in total. The second-order valence-electron chi connectivity index (χ2n) is 9.37. The molecule has 1 aromatic heterocycles. The molecule has 0 bridgehead atoms. The Morgan fingerprint density at radius 2 is 1.89 bits per heavy atom. The van der Waals surface area contributed by atoms with E-state index in [2.05, 4.69) is 28.1 Å². The molecule has 0 radical (unpaired) electrons. The van der Waals surface area contributed by atoms with Gasteiger partial charge < -0.3 is 14.5 Å². The van der Waals surface area contributed by atoms with Crippen LogP contribution in [0.25, 0.3) is 10.9 Å². The van der Waals surface area contributed by atoms with Crippen LogP contribution < -0.4 is 9.47 Å². The summed E-state index contributed by atoms with van der Waals surface area (Å²) in [7, 11) is 1.56. The Bertz CT molecular complexity index is 1460. The molecule has 0 spiro atoms. The van der Waals surface area contributed by atoms with Gasteiger partial charge in [-0.3, -0.25) is 4.90 Å². The highest BCUT2D eigenvalue weighted by molar-refractivity contribution is 5.85. The van der Waals surface area contributed by atoms with E-state index in [-0.39, 0.29) is 12.6 Å². The van der Waals surface area contributed by atoms with Crippen molar-refractivity contribution >= 4 is 10.9 Å². The van der Waals surface area contributed by atoms with Crippen LogP contribution in [-0.4, -0.2) is 23.5 Å².